The number of anilines is 1. The Morgan fingerprint density at radius 3 is 2.76 bits per heavy atom. The molecule has 5 nitrogen and oxygen atoms in total. The molecule has 1 aliphatic heterocycles. The van der Waals surface area contributed by atoms with Gasteiger partial charge >= 0.3 is 0 Å². The molecule has 5 N–H and O–H groups in total. The molecule has 0 spiro atoms. The van der Waals surface area contributed by atoms with Crippen LogP contribution in [0.1, 0.15) is 37.9 Å². The molecule has 1 unspecified atom stereocenters. The molecule has 0 saturated carbocycles. The summed E-state index contributed by atoms with van der Waals surface area (Å²) in [7, 11) is 0. The van der Waals surface area contributed by atoms with E-state index in [1.807, 2.05) is 12.3 Å². The maximum Gasteiger partial charge on any atom is 0.220 e. The van der Waals surface area contributed by atoms with Gasteiger partial charge in [0, 0.05) is 17.7 Å². The van der Waals surface area contributed by atoms with Crippen molar-refractivity contribution in [1.82, 2.24) is 15.3 Å². The van der Waals surface area contributed by atoms with Crippen molar-refractivity contribution < 1.29 is 0 Å². The normalized spacial score (nSPS) is 22.4. The number of hydrogen-bond donors (Lipinski definition) is 3. The van der Waals surface area contributed by atoms with Gasteiger partial charge in [0.05, 0.1) is 5.69 Å². The van der Waals surface area contributed by atoms with E-state index in [4.69, 9.17) is 11.5 Å². The van der Waals surface area contributed by atoms with Crippen LogP contribution in [-0.4, -0.2) is 9.97 Å². The van der Waals surface area contributed by atoms with Gasteiger partial charge in [-0.25, -0.2) is 9.97 Å². The predicted octanol–water partition coefficient (Wildman–Crippen LogP) is 1.18. The molecule has 1 aliphatic rings. The summed E-state index contributed by atoms with van der Waals surface area (Å²) in [6.45, 7) is 4.26. The summed E-state index contributed by atoms with van der Waals surface area (Å²) in [4.78, 5) is 8.31. The largest absolute Gasteiger partial charge is 0.368 e. The van der Waals surface area contributed by atoms with Crippen LogP contribution in [0.4, 0.5) is 5.95 Å². The molecule has 1 atom stereocenters. The van der Waals surface area contributed by atoms with Gasteiger partial charge in [0.1, 0.15) is 5.66 Å². The van der Waals surface area contributed by atoms with Gasteiger partial charge in [0.2, 0.25) is 5.95 Å². The van der Waals surface area contributed by atoms with Crippen LogP contribution in [0.25, 0.3) is 6.08 Å². The first-order valence-electron chi connectivity index (χ1n) is 5.98. The maximum absolute atomic E-state index is 6.50. The Morgan fingerprint density at radius 2 is 2.12 bits per heavy atom. The van der Waals surface area contributed by atoms with Gasteiger partial charge in [0.25, 0.3) is 0 Å². The van der Waals surface area contributed by atoms with Gasteiger partial charge in [-0.1, -0.05) is 13.8 Å². The lowest BCUT2D eigenvalue weighted by atomic mass is 9.83. The first-order chi connectivity index (χ1) is 8.11. The number of aromatic nitrogens is 2. The molecule has 2 rings (SSSR count). The second-order valence-corrected chi connectivity index (χ2v) is 4.39. The summed E-state index contributed by atoms with van der Waals surface area (Å²) in [6.07, 6.45) is 7.47. The van der Waals surface area contributed by atoms with E-state index in [-0.39, 0.29) is 5.95 Å². The predicted molar refractivity (Wildman–Crippen MR) is 68.6 cm³/mol. The minimum absolute atomic E-state index is 0.265. The lowest BCUT2D eigenvalue weighted by molar-refractivity contribution is 0.217. The molecular weight excluding hydrogens is 214 g/mol. The maximum atomic E-state index is 6.50. The molecule has 0 radical (unpaired) electrons. The molecule has 17 heavy (non-hydrogen) atoms. The van der Waals surface area contributed by atoms with Crippen LogP contribution in [0, 0.1) is 5.92 Å². The molecule has 0 amide bonds. The fourth-order valence-corrected chi connectivity index (χ4v) is 2.44. The smallest absolute Gasteiger partial charge is 0.220 e. The number of rotatable bonds is 3. The number of nitrogen functional groups attached to an aromatic ring is 1. The number of nitrogens with two attached hydrogens (primary N) is 2. The van der Waals surface area contributed by atoms with Gasteiger partial charge in [-0.15, -0.1) is 0 Å². The highest BCUT2D eigenvalue weighted by molar-refractivity contribution is 5.56. The van der Waals surface area contributed by atoms with Gasteiger partial charge < -0.3 is 16.8 Å². The third-order valence-corrected chi connectivity index (χ3v) is 3.44. The van der Waals surface area contributed by atoms with E-state index < -0.39 is 5.66 Å². The first kappa shape index (κ1) is 11.9. The molecule has 5 heteroatoms. The second-order valence-electron chi connectivity index (χ2n) is 4.39. The Bertz CT molecular complexity index is 439. The van der Waals surface area contributed by atoms with Crippen molar-refractivity contribution >= 4 is 12.0 Å². The highest BCUT2D eigenvalue weighted by Crippen LogP contribution is 2.33. The molecular formula is C12H19N5. The van der Waals surface area contributed by atoms with Crippen molar-refractivity contribution in [3.05, 3.63) is 23.7 Å². The lowest BCUT2D eigenvalue weighted by Crippen LogP contribution is -2.55. The monoisotopic (exact) mass is 233 g/mol. The minimum atomic E-state index is -0.648. The fourth-order valence-electron chi connectivity index (χ4n) is 2.44. The Morgan fingerprint density at radius 1 is 1.41 bits per heavy atom. The molecule has 2 heterocycles. The molecule has 1 aromatic heterocycles. The van der Waals surface area contributed by atoms with Crippen LogP contribution in [0.5, 0.6) is 0 Å². The summed E-state index contributed by atoms with van der Waals surface area (Å²) >= 11 is 0. The third-order valence-electron chi connectivity index (χ3n) is 3.44. The van der Waals surface area contributed by atoms with Crippen molar-refractivity contribution in [2.75, 3.05) is 5.73 Å². The summed E-state index contributed by atoms with van der Waals surface area (Å²) in [5.74, 6) is 0.571. The van der Waals surface area contributed by atoms with E-state index in [1.165, 1.54) is 0 Å². The van der Waals surface area contributed by atoms with Crippen molar-refractivity contribution in [3.63, 3.8) is 0 Å². The Kier molecular flexibility index (Phi) is 3.02. The number of hydrogen-bond acceptors (Lipinski definition) is 5. The quantitative estimate of drug-likeness (QED) is 0.729. The molecule has 0 aliphatic carbocycles. The van der Waals surface area contributed by atoms with Crippen LogP contribution in [0.2, 0.25) is 0 Å². The number of nitrogens with zero attached hydrogens (tertiary/aromatic N) is 2. The zero-order valence-electron chi connectivity index (χ0n) is 10.3. The molecule has 1 aromatic rings. The van der Waals surface area contributed by atoms with E-state index in [0.717, 1.165) is 24.1 Å². The summed E-state index contributed by atoms with van der Waals surface area (Å²) in [5, 5.41) is 3.23. The summed E-state index contributed by atoms with van der Waals surface area (Å²) in [5.41, 5.74) is 13.2. The topological polar surface area (TPSA) is 89.8 Å². The zero-order chi connectivity index (χ0) is 12.5. The average molecular weight is 233 g/mol. The number of fused-ring (bicyclic) bond motifs is 1. The van der Waals surface area contributed by atoms with Crippen LogP contribution >= 0.6 is 0 Å². The van der Waals surface area contributed by atoms with Crippen LogP contribution in [-0.2, 0) is 5.66 Å². The molecule has 0 saturated heterocycles. The average Bonchev–Trinajstić information content (AvgIpc) is 2.32. The Balaban J connectivity index is 2.52. The number of nitrogens with one attached hydrogen (secondary N) is 1. The van der Waals surface area contributed by atoms with Crippen molar-refractivity contribution in [2.45, 2.75) is 32.4 Å². The van der Waals surface area contributed by atoms with Gasteiger partial charge in [-0.2, -0.15) is 0 Å². The van der Waals surface area contributed by atoms with E-state index in [1.54, 1.807) is 6.20 Å². The van der Waals surface area contributed by atoms with Crippen molar-refractivity contribution in [1.29, 1.82) is 0 Å². The van der Waals surface area contributed by atoms with Crippen LogP contribution in [0.3, 0.4) is 0 Å². The fraction of sp³-hybridized carbons (Fsp3) is 0.500. The zero-order valence-corrected chi connectivity index (χ0v) is 10.3. The van der Waals surface area contributed by atoms with Gasteiger partial charge in [-0.3, -0.25) is 0 Å². The van der Waals surface area contributed by atoms with E-state index in [0.29, 0.717) is 5.92 Å². The highest BCUT2D eigenvalue weighted by Gasteiger charge is 2.38. The Labute approximate surface area is 101 Å². The van der Waals surface area contributed by atoms with Crippen LogP contribution < -0.4 is 16.8 Å². The van der Waals surface area contributed by atoms with E-state index in [2.05, 4.69) is 29.1 Å². The Hall–Kier alpha value is -1.62. The second kappa shape index (κ2) is 4.33. The molecule has 0 fully saturated rings. The van der Waals surface area contributed by atoms with Crippen molar-refractivity contribution in [3.8, 4) is 0 Å². The first-order valence-corrected chi connectivity index (χ1v) is 5.98. The standard InChI is InChI=1S/C12H19N5/c1-3-9(4-2)12(14)10-8(5-6-16-12)7-15-11(13)17-10/h5-7,9,16H,3-4,14H2,1-2H3,(H2,13,15,17). The summed E-state index contributed by atoms with van der Waals surface area (Å²) in [6, 6.07) is 0. The summed E-state index contributed by atoms with van der Waals surface area (Å²) < 4.78 is 0. The molecule has 0 bridgehead atoms. The van der Waals surface area contributed by atoms with E-state index in [9.17, 15) is 0 Å². The lowest BCUT2D eigenvalue weighted by Gasteiger charge is -2.39. The van der Waals surface area contributed by atoms with Crippen molar-refractivity contribution in [2.24, 2.45) is 11.7 Å². The minimum Gasteiger partial charge on any atom is -0.368 e. The van der Waals surface area contributed by atoms with Gasteiger partial charge in [-0.05, 0) is 25.1 Å². The molecule has 92 valence electrons. The SMILES string of the molecule is CCC(CC)C1(N)NC=Cc2cnc(N)nc21. The van der Waals surface area contributed by atoms with E-state index >= 15 is 0 Å². The highest BCUT2D eigenvalue weighted by atomic mass is 15.2. The van der Waals surface area contributed by atoms with Gasteiger partial charge in [0.15, 0.2) is 0 Å². The van der Waals surface area contributed by atoms with Crippen LogP contribution in [0.15, 0.2) is 12.4 Å². The third kappa shape index (κ3) is 1.86. The molecule has 0 aromatic carbocycles.